The Morgan fingerprint density at radius 3 is 2.28 bits per heavy atom. The highest BCUT2D eigenvalue weighted by Gasteiger charge is 2.23. The second-order valence-corrected chi connectivity index (χ2v) is 7.91. The fourth-order valence-corrected chi connectivity index (χ4v) is 2.92. The highest BCUT2D eigenvalue weighted by molar-refractivity contribution is 5.91. The normalized spacial score (nSPS) is 12.5. The van der Waals surface area contributed by atoms with Gasteiger partial charge < -0.3 is 32.2 Å². The minimum absolute atomic E-state index is 0.0660. The minimum Gasteiger partial charge on any atom is -0.445 e. The van der Waals surface area contributed by atoms with Gasteiger partial charge in [0.05, 0.1) is 6.54 Å². The molecule has 10 nitrogen and oxygen atoms in total. The van der Waals surface area contributed by atoms with Gasteiger partial charge in [0.15, 0.2) is 0 Å². The van der Waals surface area contributed by atoms with E-state index in [0.29, 0.717) is 32.2 Å². The lowest BCUT2D eigenvalue weighted by atomic mass is 10.0. The maximum absolute atomic E-state index is 12.6. The summed E-state index contributed by atoms with van der Waals surface area (Å²) in [6.45, 7) is 3.97. The summed E-state index contributed by atoms with van der Waals surface area (Å²) in [6, 6.07) is 7.44. The first-order chi connectivity index (χ1) is 15.2. The molecule has 0 heterocycles. The average Bonchev–Trinajstić information content (AvgIpc) is 2.75. The first-order valence-corrected chi connectivity index (χ1v) is 10.8. The van der Waals surface area contributed by atoms with Crippen LogP contribution in [0.5, 0.6) is 0 Å². The highest BCUT2D eigenvalue weighted by Crippen LogP contribution is 2.05. The van der Waals surface area contributed by atoms with Crippen LogP contribution in [0, 0.1) is 5.92 Å². The average molecular weight is 450 g/mol. The number of unbranched alkanes of at least 4 members (excludes halogenated alkanes) is 1. The summed E-state index contributed by atoms with van der Waals surface area (Å²) in [6.07, 6.45) is 1.28. The number of carbonyl (C=O) groups is 4. The highest BCUT2D eigenvalue weighted by atomic mass is 16.5. The molecule has 0 spiro atoms. The zero-order valence-electron chi connectivity index (χ0n) is 18.8. The van der Waals surface area contributed by atoms with Gasteiger partial charge in [-0.3, -0.25) is 14.4 Å². The monoisotopic (exact) mass is 449 g/mol. The molecule has 178 valence electrons. The summed E-state index contributed by atoms with van der Waals surface area (Å²) in [5, 5.41) is 7.53. The van der Waals surface area contributed by atoms with E-state index in [0.717, 1.165) is 5.56 Å². The Balaban J connectivity index is 2.58. The van der Waals surface area contributed by atoms with Crippen molar-refractivity contribution in [2.45, 2.75) is 58.2 Å². The van der Waals surface area contributed by atoms with Gasteiger partial charge in [-0.1, -0.05) is 44.2 Å². The Hall–Kier alpha value is -3.14. The fourth-order valence-electron chi connectivity index (χ4n) is 2.92. The lowest BCUT2D eigenvalue weighted by Crippen LogP contribution is -2.51. The Kier molecular flexibility index (Phi) is 12.4. The molecule has 0 fully saturated rings. The summed E-state index contributed by atoms with van der Waals surface area (Å²) < 4.78 is 5.17. The lowest BCUT2D eigenvalue weighted by Gasteiger charge is -2.20. The Labute approximate surface area is 188 Å². The van der Waals surface area contributed by atoms with E-state index in [-0.39, 0.29) is 19.1 Å². The lowest BCUT2D eigenvalue weighted by molar-refractivity contribution is -0.129. The van der Waals surface area contributed by atoms with Crippen LogP contribution in [0.1, 0.15) is 45.1 Å². The van der Waals surface area contributed by atoms with Crippen molar-refractivity contribution in [2.75, 3.05) is 13.1 Å². The van der Waals surface area contributed by atoms with Crippen molar-refractivity contribution in [1.29, 1.82) is 0 Å². The minimum atomic E-state index is -0.889. The van der Waals surface area contributed by atoms with Crippen LogP contribution in [0.2, 0.25) is 0 Å². The first-order valence-electron chi connectivity index (χ1n) is 10.8. The molecule has 32 heavy (non-hydrogen) atoms. The van der Waals surface area contributed by atoms with E-state index >= 15 is 0 Å². The quantitative estimate of drug-likeness (QED) is 0.260. The summed E-state index contributed by atoms with van der Waals surface area (Å²) in [5.41, 5.74) is 11.6. The first kappa shape index (κ1) is 26.9. The molecule has 4 amide bonds. The molecular weight excluding hydrogens is 414 g/mol. The maximum Gasteiger partial charge on any atom is 0.408 e. The molecule has 2 atom stereocenters. The van der Waals surface area contributed by atoms with Gasteiger partial charge in [0, 0.05) is 0 Å². The second kappa shape index (κ2) is 14.8. The molecule has 10 heteroatoms. The number of primary amides is 1. The van der Waals surface area contributed by atoms with Crippen molar-refractivity contribution >= 4 is 23.8 Å². The molecule has 7 N–H and O–H groups in total. The van der Waals surface area contributed by atoms with Crippen LogP contribution >= 0.6 is 0 Å². The van der Waals surface area contributed by atoms with Gasteiger partial charge in [-0.2, -0.15) is 0 Å². The zero-order valence-corrected chi connectivity index (χ0v) is 18.8. The predicted octanol–water partition coefficient (Wildman–Crippen LogP) is 0.543. The van der Waals surface area contributed by atoms with E-state index in [2.05, 4.69) is 16.0 Å². The number of carbonyl (C=O) groups excluding carboxylic acids is 4. The number of ether oxygens (including phenoxy) is 1. The molecule has 0 aliphatic rings. The van der Waals surface area contributed by atoms with Crippen molar-refractivity contribution in [1.82, 2.24) is 16.0 Å². The molecule has 1 rings (SSSR count). The van der Waals surface area contributed by atoms with Gasteiger partial charge in [-0.15, -0.1) is 0 Å². The topological polar surface area (TPSA) is 166 Å². The summed E-state index contributed by atoms with van der Waals surface area (Å²) in [7, 11) is 0. The SMILES string of the molecule is CC(C)CC(NC(=O)CNC(=O)C(CCCCN)NC(=O)OCc1ccccc1)C(N)=O. The summed E-state index contributed by atoms with van der Waals surface area (Å²) in [4.78, 5) is 48.4. The van der Waals surface area contributed by atoms with Crippen LogP contribution in [-0.2, 0) is 25.7 Å². The van der Waals surface area contributed by atoms with E-state index in [1.165, 1.54) is 0 Å². The number of hydrogen-bond acceptors (Lipinski definition) is 6. The van der Waals surface area contributed by atoms with Crippen molar-refractivity contribution in [2.24, 2.45) is 17.4 Å². The number of hydrogen-bond donors (Lipinski definition) is 5. The predicted molar refractivity (Wildman–Crippen MR) is 120 cm³/mol. The van der Waals surface area contributed by atoms with Gasteiger partial charge in [-0.05, 0) is 43.7 Å². The summed E-state index contributed by atoms with van der Waals surface area (Å²) in [5.74, 6) is -1.57. The molecule has 1 aromatic carbocycles. The van der Waals surface area contributed by atoms with E-state index in [9.17, 15) is 19.2 Å². The van der Waals surface area contributed by atoms with Crippen molar-refractivity contribution in [3.05, 3.63) is 35.9 Å². The molecule has 0 aliphatic heterocycles. The van der Waals surface area contributed by atoms with Crippen LogP contribution in [0.4, 0.5) is 4.79 Å². The Morgan fingerprint density at radius 2 is 1.69 bits per heavy atom. The molecular formula is C22H35N5O5. The van der Waals surface area contributed by atoms with Crippen LogP contribution in [0.15, 0.2) is 30.3 Å². The number of nitrogens with one attached hydrogen (secondary N) is 3. The number of rotatable bonds is 14. The molecule has 1 aromatic rings. The van der Waals surface area contributed by atoms with Crippen molar-refractivity contribution in [3.8, 4) is 0 Å². The van der Waals surface area contributed by atoms with Crippen LogP contribution in [0.25, 0.3) is 0 Å². The van der Waals surface area contributed by atoms with Crippen LogP contribution in [0.3, 0.4) is 0 Å². The summed E-state index contributed by atoms with van der Waals surface area (Å²) >= 11 is 0. The number of amides is 4. The van der Waals surface area contributed by atoms with Gasteiger partial charge in [0.1, 0.15) is 18.7 Å². The molecule has 2 unspecified atom stereocenters. The van der Waals surface area contributed by atoms with Gasteiger partial charge in [0.2, 0.25) is 17.7 Å². The van der Waals surface area contributed by atoms with Gasteiger partial charge >= 0.3 is 6.09 Å². The van der Waals surface area contributed by atoms with Gasteiger partial charge in [-0.25, -0.2) is 4.79 Å². The molecule has 0 radical (unpaired) electrons. The Bertz CT molecular complexity index is 741. The van der Waals surface area contributed by atoms with Crippen molar-refractivity contribution in [3.63, 3.8) is 0 Å². The largest absolute Gasteiger partial charge is 0.445 e. The third-order valence-electron chi connectivity index (χ3n) is 4.58. The number of alkyl carbamates (subject to hydrolysis) is 1. The third-order valence-corrected chi connectivity index (χ3v) is 4.58. The van der Waals surface area contributed by atoms with E-state index in [4.69, 9.17) is 16.2 Å². The molecule has 0 aromatic heterocycles. The molecule has 0 saturated heterocycles. The Morgan fingerprint density at radius 1 is 1.00 bits per heavy atom. The van der Waals surface area contributed by atoms with E-state index < -0.39 is 35.9 Å². The standard InChI is InChI=1S/C22H35N5O5/c1-15(2)12-18(20(24)29)26-19(28)13-25-21(30)17(10-6-7-11-23)27-22(31)32-14-16-8-4-3-5-9-16/h3-5,8-9,15,17-18H,6-7,10-14,23H2,1-2H3,(H2,24,29)(H,25,30)(H,26,28)(H,27,31). The van der Waals surface area contributed by atoms with E-state index in [1.807, 2.05) is 44.2 Å². The van der Waals surface area contributed by atoms with Crippen molar-refractivity contribution < 1.29 is 23.9 Å². The number of benzene rings is 1. The van der Waals surface area contributed by atoms with Gasteiger partial charge in [0.25, 0.3) is 0 Å². The third kappa shape index (κ3) is 11.3. The zero-order chi connectivity index (χ0) is 23.9. The maximum atomic E-state index is 12.6. The fraction of sp³-hybridized carbons (Fsp3) is 0.545. The number of nitrogens with two attached hydrogens (primary N) is 2. The molecule has 0 saturated carbocycles. The van der Waals surface area contributed by atoms with E-state index in [1.54, 1.807) is 0 Å². The van der Waals surface area contributed by atoms with Crippen LogP contribution in [-0.4, -0.2) is 49.0 Å². The second-order valence-electron chi connectivity index (χ2n) is 7.91. The molecule has 0 bridgehead atoms. The van der Waals surface area contributed by atoms with Crippen LogP contribution < -0.4 is 27.4 Å². The smallest absolute Gasteiger partial charge is 0.408 e. The molecule has 0 aliphatic carbocycles.